The Morgan fingerprint density at radius 1 is 0.838 bits per heavy atom. The number of nitrogens with one attached hydrogen (secondary N) is 2. The lowest BCUT2D eigenvalue weighted by atomic mass is 9.83. The first-order chi connectivity index (χ1) is 18.0. The first kappa shape index (κ1) is 28.6. The fourth-order valence-corrected chi connectivity index (χ4v) is 5.26. The van der Waals surface area contributed by atoms with Gasteiger partial charge in [0.15, 0.2) is 0 Å². The summed E-state index contributed by atoms with van der Waals surface area (Å²) in [5.41, 5.74) is 2.63. The molecule has 1 fully saturated rings. The van der Waals surface area contributed by atoms with Crippen molar-refractivity contribution in [3.63, 3.8) is 0 Å². The van der Waals surface area contributed by atoms with Crippen molar-refractivity contribution < 1.29 is 14.4 Å². The zero-order chi connectivity index (χ0) is 26.5. The van der Waals surface area contributed by atoms with Crippen molar-refractivity contribution in [3.05, 3.63) is 71.8 Å². The van der Waals surface area contributed by atoms with Gasteiger partial charge in [0.1, 0.15) is 0 Å². The van der Waals surface area contributed by atoms with Gasteiger partial charge in [-0.05, 0) is 68.9 Å². The van der Waals surface area contributed by atoms with Gasteiger partial charge in [-0.15, -0.1) is 0 Å². The second-order valence-electron chi connectivity index (χ2n) is 10.6. The minimum atomic E-state index is -0.540. The molecule has 0 aliphatic heterocycles. The fraction of sp³-hybridized carbons (Fsp3) is 0.531. The minimum Gasteiger partial charge on any atom is -0.353 e. The number of ketones is 1. The SMILES string of the molecule is CCC(C)C(=O)C(=O)NC1CCCCC1C(=O)NC(CCCc1ccccc1)CCCc1ccccc1. The second-order valence-corrected chi connectivity index (χ2v) is 10.6. The van der Waals surface area contributed by atoms with Gasteiger partial charge in [-0.2, -0.15) is 0 Å². The highest BCUT2D eigenvalue weighted by molar-refractivity contribution is 6.36. The Labute approximate surface area is 222 Å². The molecule has 37 heavy (non-hydrogen) atoms. The fourth-order valence-electron chi connectivity index (χ4n) is 5.26. The molecular formula is C32H44N2O3. The number of aryl methyl sites for hydroxylation is 2. The zero-order valence-corrected chi connectivity index (χ0v) is 22.6. The smallest absolute Gasteiger partial charge is 0.287 e. The summed E-state index contributed by atoms with van der Waals surface area (Å²) < 4.78 is 0. The van der Waals surface area contributed by atoms with Crippen LogP contribution in [0.4, 0.5) is 0 Å². The van der Waals surface area contributed by atoms with Gasteiger partial charge >= 0.3 is 0 Å². The van der Waals surface area contributed by atoms with Gasteiger partial charge in [0.05, 0.1) is 5.92 Å². The molecule has 0 spiro atoms. The average molecular weight is 505 g/mol. The number of hydrogen-bond donors (Lipinski definition) is 2. The highest BCUT2D eigenvalue weighted by atomic mass is 16.2. The molecule has 0 bridgehead atoms. The van der Waals surface area contributed by atoms with Gasteiger partial charge in [-0.1, -0.05) is 87.4 Å². The normalized spacial score (nSPS) is 18.2. The summed E-state index contributed by atoms with van der Waals surface area (Å²) in [4.78, 5) is 38.4. The Morgan fingerprint density at radius 2 is 1.38 bits per heavy atom. The van der Waals surface area contributed by atoms with Gasteiger partial charge in [0.25, 0.3) is 5.91 Å². The number of benzene rings is 2. The molecule has 2 aromatic rings. The van der Waals surface area contributed by atoms with Crippen LogP contribution in [0.3, 0.4) is 0 Å². The lowest BCUT2D eigenvalue weighted by Gasteiger charge is -2.32. The summed E-state index contributed by atoms with van der Waals surface area (Å²) >= 11 is 0. The molecule has 3 rings (SSSR count). The molecule has 0 aromatic heterocycles. The van der Waals surface area contributed by atoms with Crippen molar-refractivity contribution >= 4 is 17.6 Å². The van der Waals surface area contributed by atoms with Crippen molar-refractivity contribution in [2.24, 2.45) is 11.8 Å². The van der Waals surface area contributed by atoms with E-state index in [1.807, 2.05) is 19.1 Å². The quantitative estimate of drug-likeness (QED) is 0.319. The van der Waals surface area contributed by atoms with Gasteiger partial charge in [0, 0.05) is 18.0 Å². The Kier molecular flexibility index (Phi) is 11.9. The zero-order valence-electron chi connectivity index (χ0n) is 22.6. The van der Waals surface area contributed by atoms with E-state index in [2.05, 4.69) is 59.2 Å². The number of carbonyl (C=O) groups is 3. The van der Waals surface area contributed by atoms with Crippen molar-refractivity contribution in [3.8, 4) is 0 Å². The molecule has 5 heteroatoms. The molecule has 0 heterocycles. The van der Waals surface area contributed by atoms with Gasteiger partial charge < -0.3 is 10.6 Å². The highest BCUT2D eigenvalue weighted by Gasteiger charge is 2.34. The van der Waals surface area contributed by atoms with E-state index in [4.69, 9.17) is 0 Å². The number of carbonyl (C=O) groups excluding carboxylic acids is 3. The van der Waals surface area contributed by atoms with Crippen molar-refractivity contribution in [2.75, 3.05) is 0 Å². The van der Waals surface area contributed by atoms with E-state index in [1.165, 1.54) is 11.1 Å². The molecule has 2 N–H and O–H groups in total. The number of amides is 2. The van der Waals surface area contributed by atoms with E-state index in [9.17, 15) is 14.4 Å². The largest absolute Gasteiger partial charge is 0.353 e. The Balaban J connectivity index is 1.59. The number of rotatable bonds is 14. The second kappa shape index (κ2) is 15.3. The highest BCUT2D eigenvalue weighted by Crippen LogP contribution is 2.26. The maximum atomic E-state index is 13.5. The van der Waals surface area contributed by atoms with Gasteiger partial charge in [-0.25, -0.2) is 0 Å². The van der Waals surface area contributed by atoms with Crippen LogP contribution >= 0.6 is 0 Å². The van der Waals surface area contributed by atoms with Crippen LogP contribution in [-0.4, -0.2) is 29.7 Å². The molecule has 3 atom stereocenters. The van der Waals surface area contributed by atoms with Crippen LogP contribution in [0.5, 0.6) is 0 Å². The molecule has 2 amide bonds. The standard InChI is InChI=1S/C32H44N2O3/c1-3-24(2)30(35)32(37)34-29-23-11-10-22-28(29)31(36)33-27(20-12-18-25-14-6-4-7-15-25)21-13-19-26-16-8-5-9-17-26/h4-9,14-17,24,27-29H,3,10-13,18-23H2,1-2H3,(H,33,36)(H,34,37). The Hall–Kier alpha value is -2.95. The van der Waals surface area contributed by atoms with E-state index in [1.54, 1.807) is 6.92 Å². The summed E-state index contributed by atoms with van der Waals surface area (Å²) in [6.45, 7) is 3.69. The Bertz CT molecular complexity index is 931. The monoisotopic (exact) mass is 504 g/mol. The van der Waals surface area contributed by atoms with Gasteiger partial charge in [-0.3, -0.25) is 14.4 Å². The van der Waals surface area contributed by atoms with Crippen LogP contribution in [-0.2, 0) is 27.2 Å². The summed E-state index contributed by atoms with van der Waals surface area (Å²) in [5, 5.41) is 6.27. The third kappa shape index (κ3) is 9.46. The van der Waals surface area contributed by atoms with E-state index in [0.717, 1.165) is 64.2 Å². The summed E-state index contributed by atoms with van der Waals surface area (Å²) in [6, 6.07) is 20.8. The third-order valence-electron chi connectivity index (χ3n) is 7.77. The lowest BCUT2D eigenvalue weighted by molar-refractivity contribution is -0.141. The van der Waals surface area contributed by atoms with Crippen molar-refractivity contribution in [1.29, 1.82) is 0 Å². The van der Waals surface area contributed by atoms with E-state index >= 15 is 0 Å². The van der Waals surface area contributed by atoms with Crippen LogP contribution in [0.15, 0.2) is 60.7 Å². The van der Waals surface area contributed by atoms with Crippen LogP contribution < -0.4 is 10.6 Å². The molecule has 5 nitrogen and oxygen atoms in total. The summed E-state index contributed by atoms with van der Waals surface area (Å²) in [5.74, 6) is -1.48. The molecule has 200 valence electrons. The molecule has 0 saturated heterocycles. The molecule has 1 saturated carbocycles. The molecule has 2 aromatic carbocycles. The molecule has 3 unspecified atom stereocenters. The molecular weight excluding hydrogens is 460 g/mol. The van der Waals surface area contributed by atoms with Crippen molar-refractivity contribution in [2.45, 2.75) is 96.6 Å². The molecule has 1 aliphatic rings. The van der Waals surface area contributed by atoms with E-state index < -0.39 is 5.91 Å². The number of Topliss-reactive ketones (excluding diaryl/α,β-unsaturated/α-hetero) is 1. The maximum absolute atomic E-state index is 13.5. The van der Waals surface area contributed by atoms with Crippen LogP contribution in [0, 0.1) is 11.8 Å². The van der Waals surface area contributed by atoms with E-state index in [-0.39, 0.29) is 35.6 Å². The van der Waals surface area contributed by atoms with Gasteiger partial charge in [0.2, 0.25) is 11.7 Å². The third-order valence-corrected chi connectivity index (χ3v) is 7.77. The summed E-state index contributed by atoms with van der Waals surface area (Å²) in [6.07, 6.45) is 9.89. The first-order valence-electron chi connectivity index (χ1n) is 14.2. The minimum absolute atomic E-state index is 0.0189. The maximum Gasteiger partial charge on any atom is 0.287 e. The summed E-state index contributed by atoms with van der Waals surface area (Å²) in [7, 11) is 0. The average Bonchev–Trinajstić information content (AvgIpc) is 2.93. The van der Waals surface area contributed by atoms with Crippen LogP contribution in [0.2, 0.25) is 0 Å². The Morgan fingerprint density at radius 3 is 1.92 bits per heavy atom. The predicted octanol–water partition coefficient (Wildman–Crippen LogP) is 5.81. The topological polar surface area (TPSA) is 75.3 Å². The van der Waals surface area contributed by atoms with Crippen molar-refractivity contribution in [1.82, 2.24) is 10.6 Å². The molecule has 0 radical (unpaired) electrons. The van der Waals surface area contributed by atoms with Crippen LogP contribution in [0.25, 0.3) is 0 Å². The predicted molar refractivity (Wildman–Crippen MR) is 149 cm³/mol. The first-order valence-corrected chi connectivity index (χ1v) is 14.2. The van der Waals surface area contributed by atoms with Crippen LogP contribution in [0.1, 0.15) is 82.8 Å². The number of hydrogen-bond acceptors (Lipinski definition) is 3. The van der Waals surface area contributed by atoms with E-state index in [0.29, 0.717) is 6.42 Å². The lowest BCUT2D eigenvalue weighted by Crippen LogP contribution is -2.52. The molecule has 1 aliphatic carbocycles.